The number of aromatic nitrogens is 2. The van der Waals surface area contributed by atoms with Gasteiger partial charge < -0.3 is 10.4 Å². The van der Waals surface area contributed by atoms with Crippen molar-refractivity contribution in [2.24, 2.45) is 5.92 Å². The molecule has 2 unspecified atom stereocenters. The van der Waals surface area contributed by atoms with Crippen LogP contribution in [0.2, 0.25) is 0 Å². The van der Waals surface area contributed by atoms with Crippen molar-refractivity contribution < 1.29 is 9.90 Å². The van der Waals surface area contributed by atoms with Gasteiger partial charge in [0.05, 0.1) is 23.4 Å². The second kappa shape index (κ2) is 5.33. The van der Waals surface area contributed by atoms with Crippen molar-refractivity contribution in [3.05, 3.63) is 18.0 Å². The van der Waals surface area contributed by atoms with Crippen molar-refractivity contribution in [3.63, 3.8) is 0 Å². The Morgan fingerprint density at radius 1 is 1.53 bits per heavy atom. The number of nitrogens with zero attached hydrogens (tertiary/aromatic N) is 2. The maximum Gasteiger partial charge on any atom is 0.254 e. The van der Waals surface area contributed by atoms with Crippen LogP contribution in [-0.4, -0.2) is 33.4 Å². The van der Waals surface area contributed by atoms with Crippen molar-refractivity contribution in [2.75, 3.05) is 6.54 Å². The first-order chi connectivity index (χ1) is 8.88. The predicted molar refractivity (Wildman–Crippen MR) is 72.9 cm³/mol. The topological polar surface area (TPSA) is 67.2 Å². The first-order valence-electron chi connectivity index (χ1n) is 6.89. The van der Waals surface area contributed by atoms with Crippen molar-refractivity contribution in [3.8, 4) is 0 Å². The summed E-state index contributed by atoms with van der Waals surface area (Å²) in [6.45, 7) is 6.66. The van der Waals surface area contributed by atoms with Gasteiger partial charge in [-0.05, 0) is 33.6 Å². The zero-order valence-electron chi connectivity index (χ0n) is 11.9. The van der Waals surface area contributed by atoms with E-state index in [0.717, 1.165) is 19.3 Å². The monoisotopic (exact) mass is 265 g/mol. The quantitative estimate of drug-likeness (QED) is 0.871. The molecular formula is C14H23N3O2. The Morgan fingerprint density at radius 2 is 2.26 bits per heavy atom. The molecule has 0 aromatic carbocycles. The molecule has 1 aliphatic rings. The van der Waals surface area contributed by atoms with Crippen LogP contribution in [-0.2, 0) is 5.54 Å². The number of nitrogens with one attached hydrogen (secondary N) is 1. The Bertz CT molecular complexity index is 448. The second-order valence-corrected chi connectivity index (χ2v) is 6.31. The van der Waals surface area contributed by atoms with Crippen molar-refractivity contribution >= 4 is 5.91 Å². The average Bonchev–Trinajstić information content (AvgIpc) is 2.93. The van der Waals surface area contributed by atoms with Crippen molar-refractivity contribution in [2.45, 2.75) is 51.7 Å². The normalized spacial score (nSPS) is 23.6. The summed E-state index contributed by atoms with van der Waals surface area (Å²) in [5, 5.41) is 16.8. The van der Waals surface area contributed by atoms with E-state index < -0.39 is 0 Å². The lowest BCUT2D eigenvalue weighted by Crippen LogP contribution is -2.32. The molecule has 1 aromatic rings. The fourth-order valence-corrected chi connectivity index (χ4v) is 2.39. The molecule has 1 aromatic heterocycles. The molecule has 19 heavy (non-hydrogen) atoms. The van der Waals surface area contributed by atoms with Crippen molar-refractivity contribution in [1.29, 1.82) is 0 Å². The third-order valence-electron chi connectivity index (χ3n) is 3.68. The van der Waals surface area contributed by atoms with E-state index in [1.54, 1.807) is 17.1 Å². The third kappa shape index (κ3) is 3.35. The van der Waals surface area contributed by atoms with E-state index >= 15 is 0 Å². The van der Waals surface area contributed by atoms with Gasteiger partial charge >= 0.3 is 0 Å². The number of aliphatic hydroxyl groups excluding tert-OH is 1. The summed E-state index contributed by atoms with van der Waals surface area (Å²) < 4.78 is 1.78. The number of aliphatic hydroxyl groups is 1. The van der Waals surface area contributed by atoms with E-state index in [0.29, 0.717) is 12.1 Å². The van der Waals surface area contributed by atoms with E-state index in [2.05, 4.69) is 10.4 Å². The summed E-state index contributed by atoms with van der Waals surface area (Å²) in [5.74, 6) is 0.0798. The average molecular weight is 265 g/mol. The molecule has 5 heteroatoms. The van der Waals surface area contributed by atoms with Gasteiger partial charge in [-0.25, -0.2) is 0 Å². The van der Waals surface area contributed by atoms with Crippen LogP contribution in [0.3, 0.4) is 0 Å². The molecule has 1 saturated carbocycles. The molecule has 106 valence electrons. The second-order valence-electron chi connectivity index (χ2n) is 6.31. The van der Waals surface area contributed by atoms with Gasteiger partial charge in [0, 0.05) is 18.7 Å². The van der Waals surface area contributed by atoms with Crippen LogP contribution < -0.4 is 5.32 Å². The lowest BCUT2D eigenvalue weighted by atomic mass is 10.1. The lowest BCUT2D eigenvalue weighted by Gasteiger charge is -2.18. The molecule has 2 rings (SSSR count). The number of hydrogen-bond donors (Lipinski definition) is 2. The Morgan fingerprint density at radius 3 is 2.79 bits per heavy atom. The summed E-state index contributed by atoms with van der Waals surface area (Å²) >= 11 is 0. The van der Waals surface area contributed by atoms with Gasteiger partial charge in [-0.3, -0.25) is 9.48 Å². The molecule has 1 heterocycles. The smallest absolute Gasteiger partial charge is 0.254 e. The fourth-order valence-electron chi connectivity index (χ4n) is 2.39. The molecule has 0 aliphatic heterocycles. The van der Waals surface area contributed by atoms with E-state index in [1.165, 1.54) is 0 Å². The summed E-state index contributed by atoms with van der Waals surface area (Å²) in [7, 11) is 0. The number of rotatable bonds is 3. The van der Waals surface area contributed by atoms with E-state index in [4.69, 9.17) is 0 Å². The van der Waals surface area contributed by atoms with Gasteiger partial charge in [-0.1, -0.05) is 6.42 Å². The summed E-state index contributed by atoms with van der Waals surface area (Å²) in [6, 6.07) is 0. The molecule has 0 bridgehead atoms. The van der Waals surface area contributed by atoms with Gasteiger partial charge in [0.1, 0.15) is 0 Å². The van der Waals surface area contributed by atoms with E-state index in [9.17, 15) is 9.90 Å². The molecular weight excluding hydrogens is 242 g/mol. The lowest BCUT2D eigenvalue weighted by molar-refractivity contribution is 0.0916. The van der Waals surface area contributed by atoms with Gasteiger partial charge in [-0.2, -0.15) is 5.10 Å². The highest BCUT2D eigenvalue weighted by atomic mass is 16.3. The summed E-state index contributed by atoms with van der Waals surface area (Å²) in [5.41, 5.74) is 0.447. The maximum atomic E-state index is 12.0. The predicted octanol–water partition coefficient (Wildman–Crippen LogP) is 1.53. The standard InChI is InChI=1S/C14H23N3O2/c1-14(2,3)17-9-11(8-16-17)13(19)15-7-10-5-4-6-12(10)18/h8-10,12,18H,4-7H2,1-3H3,(H,15,19). The molecule has 0 spiro atoms. The minimum atomic E-state index is -0.266. The summed E-state index contributed by atoms with van der Waals surface area (Å²) in [6.07, 6.45) is 5.97. The molecule has 0 saturated heterocycles. The van der Waals surface area contributed by atoms with Crippen LogP contribution in [0.1, 0.15) is 50.4 Å². The minimum Gasteiger partial charge on any atom is -0.393 e. The van der Waals surface area contributed by atoms with Crippen LogP contribution in [0, 0.1) is 5.92 Å². The number of amides is 1. The van der Waals surface area contributed by atoms with Crippen LogP contribution in [0.4, 0.5) is 0 Å². The van der Waals surface area contributed by atoms with Gasteiger partial charge in [-0.15, -0.1) is 0 Å². The number of carbonyl (C=O) groups excluding carboxylic acids is 1. The molecule has 5 nitrogen and oxygen atoms in total. The van der Waals surface area contributed by atoms with Crippen LogP contribution in [0.15, 0.2) is 12.4 Å². The van der Waals surface area contributed by atoms with Gasteiger partial charge in [0.25, 0.3) is 5.91 Å². The Kier molecular flexibility index (Phi) is 3.94. The van der Waals surface area contributed by atoms with Crippen LogP contribution in [0.5, 0.6) is 0 Å². The molecule has 1 amide bonds. The largest absolute Gasteiger partial charge is 0.393 e. The van der Waals surface area contributed by atoms with E-state index in [1.807, 2.05) is 20.8 Å². The fraction of sp³-hybridized carbons (Fsp3) is 0.714. The third-order valence-corrected chi connectivity index (χ3v) is 3.68. The summed E-state index contributed by atoms with van der Waals surface area (Å²) in [4.78, 5) is 12.0. The number of hydrogen-bond acceptors (Lipinski definition) is 3. The molecule has 1 aliphatic carbocycles. The zero-order chi connectivity index (χ0) is 14.0. The Balaban J connectivity index is 1.91. The van der Waals surface area contributed by atoms with Crippen LogP contribution >= 0.6 is 0 Å². The molecule has 0 radical (unpaired) electrons. The van der Waals surface area contributed by atoms with Gasteiger partial charge in [0.2, 0.25) is 0 Å². The highest BCUT2D eigenvalue weighted by molar-refractivity contribution is 5.93. The van der Waals surface area contributed by atoms with Crippen LogP contribution in [0.25, 0.3) is 0 Å². The maximum absolute atomic E-state index is 12.0. The SMILES string of the molecule is CC(C)(C)n1cc(C(=O)NCC2CCCC2O)cn1. The molecule has 2 atom stereocenters. The first-order valence-corrected chi connectivity index (χ1v) is 6.89. The Hall–Kier alpha value is -1.36. The van der Waals surface area contributed by atoms with Crippen molar-refractivity contribution in [1.82, 2.24) is 15.1 Å². The zero-order valence-corrected chi connectivity index (χ0v) is 11.9. The highest BCUT2D eigenvalue weighted by Crippen LogP contribution is 2.24. The Labute approximate surface area is 114 Å². The highest BCUT2D eigenvalue weighted by Gasteiger charge is 2.25. The minimum absolute atomic E-state index is 0.116. The van der Waals surface area contributed by atoms with Gasteiger partial charge in [0.15, 0.2) is 0 Å². The van der Waals surface area contributed by atoms with E-state index in [-0.39, 0.29) is 23.5 Å². The molecule has 2 N–H and O–H groups in total. The molecule has 1 fully saturated rings. The number of carbonyl (C=O) groups is 1. The first kappa shape index (κ1) is 14.1.